The van der Waals surface area contributed by atoms with Gasteiger partial charge in [-0.1, -0.05) is 54.6 Å². The van der Waals surface area contributed by atoms with Gasteiger partial charge in [0.1, 0.15) is 17.3 Å². The third-order valence-corrected chi connectivity index (χ3v) is 8.00. The number of amides is 1. The van der Waals surface area contributed by atoms with Gasteiger partial charge in [0.25, 0.3) is 0 Å². The summed E-state index contributed by atoms with van der Waals surface area (Å²) in [5, 5.41) is 12.3. The number of benzene rings is 3. The van der Waals surface area contributed by atoms with Crippen molar-refractivity contribution < 1.29 is 14.3 Å². The standard InChI is InChI=1S/C28H30N4O3S2/c1-5-25(27(33)29-23-16-13-21(34-3)17-24(23)35-4)37-28-31-30-26(32(28)20-9-7-6-8-10-20)18-36-22-14-11-19(2)12-15-22/h6-17,25H,5,18H2,1-4H3,(H,29,33). The van der Waals surface area contributed by atoms with Crippen LogP contribution >= 0.6 is 23.5 Å². The minimum Gasteiger partial charge on any atom is -0.497 e. The predicted molar refractivity (Wildman–Crippen MR) is 150 cm³/mol. The van der Waals surface area contributed by atoms with Gasteiger partial charge in [-0.25, -0.2) is 0 Å². The molecule has 1 N–H and O–H groups in total. The first kappa shape index (κ1) is 26.6. The number of para-hydroxylation sites is 1. The smallest absolute Gasteiger partial charge is 0.238 e. The van der Waals surface area contributed by atoms with Gasteiger partial charge in [0.2, 0.25) is 5.91 Å². The second-order valence-electron chi connectivity index (χ2n) is 8.24. The maximum absolute atomic E-state index is 13.3. The first-order valence-electron chi connectivity index (χ1n) is 11.9. The number of aryl methyl sites for hydroxylation is 1. The molecule has 0 saturated heterocycles. The zero-order valence-corrected chi connectivity index (χ0v) is 22.9. The lowest BCUT2D eigenvalue weighted by Gasteiger charge is -2.17. The number of rotatable bonds is 11. The van der Waals surface area contributed by atoms with Crippen LogP contribution in [0.5, 0.6) is 11.5 Å². The van der Waals surface area contributed by atoms with Crippen LogP contribution in [-0.4, -0.2) is 40.1 Å². The SMILES string of the molecule is CCC(Sc1nnc(CSc2ccc(C)cc2)n1-c1ccccc1)C(=O)Nc1ccc(OC)cc1OC. The number of aromatic nitrogens is 3. The second kappa shape index (κ2) is 12.7. The van der Waals surface area contributed by atoms with Gasteiger partial charge in [-0.2, -0.15) is 0 Å². The van der Waals surface area contributed by atoms with Gasteiger partial charge in [-0.3, -0.25) is 9.36 Å². The number of ether oxygens (including phenoxy) is 2. The highest BCUT2D eigenvalue weighted by Crippen LogP contribution is 2.33. The van der Waals surface area contributed by atoms with Gasteiger partial charge in [0.15, 0.2) is 5.16 Å². The van der Waals surface area contributed by atoms with Crippen LogP contribution < -0.4 is 14.8 Å². The molecule has 0 spiro atoms. The minimum absolute atomic E-state index is 0.130. The number of hydrogen-bond donors (Lipinski definition) is 1. The van der Waals surface area contributed by atoms with Gasteiger partial charge in [-0.15, -0.1) is 22.0 Å². The summed E-state index contributed by atoms with van der Waals surface area (Å²) in [6, 6.07) is 23.7. The number of nitrogens with one attached hydrogen (secondary N) is 1. The van der Waals surface area contributed by atoms with Gasteiger partial charge in [0, 0.05) is 16.6 Å². The van der Waals surface area contributed by atoms with E-state index in [1.807, 2.05) is 41.8 Å². The third kappa shape index (κ3) is 6.67. The van der Waals surface area contributed by atoms with Crippen molar-refractivity contribution in [3.8, 4) is 17.2 Å². The van der Waals surface area contributed by atoms with E-state index < -0.39 is 0 Å². The maximum Gasteiger partial charge on any atom is 0.238 e. The Balaban J connectivity index is 1.56. The van der Waals surface area contributed by atoms with E-state index in [1.54, 1.807) is 44.2 Å². The quantitative estimate of drug-likeness (QED) is 0.223. The Morgan fingerprint density at radius 2 is 1.76 bits per heavy atom. The maximum atomic E-state index is 13.3. The van der Waals surface area contributed by atoms with E-state index >= 15 is 0 Å². The second-order valence-corrected chi connectivity index (χ2v) is 10.5. The molecular formula is C28H30N4O3S2. The van der Waals surface area contributed by atoms with E-state index in [2.05, 4.69) is 46.7 Å². The Labute approximate surface area is 226 Å². The van der Waals surface area contributed by atoms with Gasteiger partial charge >= 0.3 is 0 Å². The number of hydrogen-bond acceptors (Lipinski definition) is 7. The molecule has 0 bridgehead atoms. The predicted octanol–water partition coefficient (Wildman–Crippen LogP) is 6.39. The van der Waals surface area contributed by atoms with Crippen molar-refractivity contribution in [1.29, 1.82) is 0 Å². The summed E-state index contributed by atoms with van der Waals surface area (Å²) in [6.07, 6.45) is 0.615. The summed E-state index contributed by atoms with van der Waals surface area (Å²) in [5.74, 6) is 2.54. The van der Waals surface area contributed by atoms with Crippen LogP contribution in [-0.2, 0) is 10.5 Å². The molecule has 0 aliphatic carbocycles. The fraction of sp³-hybridized carbons (Fsp3) is 0.250. The Morgan fingerprint density at radius 1 is 1.00 bits per heavy atom. The average molecular weight is 535 g/mol. The van der Waals surface area contributed by atoms with E-state index in [4.69, 9.17) is 9.47 Å². The fourth-order valence-electron chi connectivity index (χ4n) is 3.65. The summed E-state index contributed by atoms with van der Waals surface area (Å²) >= 11 is 3.11. The molecule has 0 aliphatic heterocycles. The van der Waals surface area contributed by atoms with Crippen molar-refractivity contribution >= 4 is 35.1 Å². The van der Waals surface area contributed by atoms with Crippen molar-refractivity contribution in [3.63, 3.8) is 0 Å². The highest BCUT2D eigenvalue weighted by atomic mass is 32.2. The van der Waals surface area contributed by atoms with E-state index in [9.17, 15) is 4.79 Å². The summed E-state index contributed by atoms with van der Waals surface area (Å²) < 4.78 is 12.7. The normalized spacial score (nSPS) is 11.7. The molecule has 1 unspecified atom stereocenters. The van der Waals surface area contributed by atoms with E-state index in [-0.39, 0.29) is 11.2 Å². The first-order valence-corrected chi connectivity index (χ1v) is 13.8. The third-order valence-electron chi connectivity index (χ3n) is 5.68. The van der Waals surface area contributed by atoms with Crippen LogP contribution in [0.4, 0.5) is 5.69 Å². The summed E-state index contributed by atoms with van der Waals surface area (Å²) in [4.78, 5) is 14.5. The number of carbonyl (C=O) groups excluding carboxylic acids is 1. The Bertz CT molecular complexity index is 1330. The molecule has 1 amide bonds. The highest BCUT2D eigenvalue weighted by Gasteiger charge is 2.24. The fourth-order valence-corrected chi connectivity index (χ4v) is 5.46. The summed E-state index contributed by atoms with van der Waals surface area (Å²) in [6.45, 7) is 4.06. The van der Waals surface area contributed by atoms with Gasteiger partial charge in [0.05, 0.1) is 30.9 Å². The van der Waals surface area contributed by atoms with Crippen LogP contribution in [0, 0.1) is 6.92 Å². The topological polar surface area (TPSA) is 78.3 Å². The number of anilines is 1. The molecule has 9 heteroatoms. The van der Waals surface area contributed by atoms with Gasteiger partial charge < -0.3 is 14.8 Å². The molecular weight excluding hydrogens is 504 g/mol. The summed E-state index contributed by atoms with van der Waals surface area (Å²) in [7, 11) is 3.15. The van der Waals surface area contributed by atoms with Crippen molar-refractivity contribution in [2.45, 2.75) is 41.3 Å². The van der Waals surface area contributed by atoms with Crippen LogP contribution in [0.3, 0.4) is 0 Å². The first-order chi connectivity index (χ1) is 18.0. The van der Waals surface area contributed by atoms with E-state index in [0.29, 0.717) is 34.5 Å². The number of nitrogens with zero attached hydrogens (tertiary/aromatic N) is 3. The van der Waals surface area contributed by atoms with Crippen LogP contribution in [0.2, 0.25) is 0 Å². The molecule has 3 aromatic carbocycles. The minimum atomic E-state index is -0.379. The molecule has 1 aromatic heterocycles. The molecule has 0 fully saturated rings. The molecule has 0 aliphatic rings. The molecule has 0 saturated carbocycles. The molecule has 1 atom stereocenters. The molecule has 7 nitrogen and oxygen atoms in total. The van der Waals surface area contributed by atoms with E-state index in [0.717, 1.165) is 11.5 Å². The lowest BCUT2D eigenvalue weighted by molar-refractivity contribution is -0.115. The largest absolute Gasteiger partial charge is 0.497 e. The number of methoxy groups -OCH3 is 2. The molecule has 4 rings (SSSR count). The van der Waals surface area contributed by atoms with Crippen molar-refractivity contribution in [3.05, 3.63) is 84.2 Å². The summed E-state index contributed by atoms with van der Waals surface area (Å²) in [5.41, 5.74) is 2.78. The van der Waals surface area contributed by atoms with Gasteiger partial charge in [-0.05, 0) is 49.7 Å². The lowest BCUT2D eigenvalue weighted by Crippen LogP contribution is -2.25. The lowest BCUT2D eigenvalue weighted by atomic mass is 10.2. The Kier molecular flexibility index (Phi) is 9.14. The van der Waals surface area contributed by atoms with Crippen LogP contribution in [0.15, 0.2) is 82.8 Å². The van der Waals surface area contributed by atoms with Crippen molar-refractivity contribution in [2.24, 2.45) is 0 Å². The van der Waals surface area contributed by atoms with E-state index in [1.165, 1.54) is 22.2 Å². The zero-order chi connectivity index (χ0) is 26.2. The Hall–Kier alpha value is -3.43. The van der Waals surface area contributed by atoms with Crippen molar-refractivity contribution in [1.82, 2.24) is 14.8 Å². The van der Waals surface area contributed by atoms with Crippen molar-refractivity contribution in [2.75, 3.05) is 19.5 Å². The molecule has 4 aromatic rings. The Morgan fingerprint density at radius 3 is 2.43 bits per heavy atom. The van der Waals surface area contributed by atoms with Crippen LogP contribution in [0.1, 0.15) is 24.7 Å². The van der Waals surface area contributed by atoms with Crippen LogP contribution in [0.25, 0.3) is 5.69 Å². The highest BCUT2D eigenvalue weighted by molar-refractivity contribution is 8.00. The number of thioether (sulfide) groups is 2. The molecule has 0 radical (unpaired) electrons. The molecule has 192 valence electrons. The monoisotopic (exact) mass is 534 g/mol. The molecule has 37 heavy (non-hydrogen) atoms. The average Bonchev–Trinajstić information content (AvgIpc) is 3.34. The number of carbonyl (C=O) groups is 1. The molecule has 1 heterocycles. The zero-order valence-electron chi connectivity index (χ0n) is 21.3.